The van der Waals surface area contributed by atoms with Gasteiger partial charge in [-0.1, -0.05) is 0 Å². The molecule has 0 aliphatic heterocycles. The van der Waals surface area contributed by atoms with Gasteiger partial charge in [-0.3, -0.25) is 4.79 Å². The van der Waals surface area contributed by atoms with Gasteiger partial charge in [0, 0.05) is 5.54 Å². The van der Waals surface area contributed by atoms with Crippen molar-refractivity contribution in [2.45, 2.75) is 26.3 Å². The minimum absolute atomic E-state index is 0. The van der Waals surface area contributed by atoms with Crippen molar-refractivity contribution in [1.29, 1.82) is 0 Å². The number of carboxylic acid groups (broad SMARTS) is 1. The molecule has 3 heteroatoms. The van der Waals surface area contributed by atoms with Gasteiger partial charge < -0.3 is 10.8 Å². The van der Waals surface area contributed by atoms with Crippen LogP contribution in [0.4, 0.5) is 0 Å². The summed E-state index contributed by atoms with van der Waals surface area (Å²) in [5.41, 5.74) is 5.35. The first-order chi connectivity index (χ1) is 3.41. The van der Waals surface area contributed by atoms with Crippen LogP contribution in [0, 0.1) is 0 Å². The molecule has 0 aliphatic rings. The maximum atomic E-state index is 8.36. The van der Waals surface area contributed by atoms with Crippen LogP contribution in [-0.2, 0) is 4.79 Å². The molecule has 0 radical (unpaired) electrons. The fourth-order valence-electron chi connectivity index (χ4n) is 0. The van der Waals surface area contributed by atoms with Gasteiger partial charge in [0.1, 0.15) is 0 Å². The summed E-state index contributed by atoms with van der Waals surface area (Å²) < 4.78 is 0. The second kappa shape index (κ2) is 4.59. The molecule has 3 N–H and O–H groups in total. The molecular formula is C5H13NO2. The molecule has 50 valence electrons. The second-order valence-electron chi connectivity index (χ2n) is 2.47. The highest BCUT2D eigenvalue weighted by molar-refractivity contribution is 5.32. The molecule has 0 aliphatic carbocycles. The van der Waals surface area contributed by atoms with E-state index in [1.807, 2.05) is 20.8 Å². The fraction of sp³-hybridized carbons (Fsp3) is 0.800. The van der Waals surface area contributed by atoms with Crippen molar-refractivity contribution in [3.63, 3.8) is 0 Å². The van der Waals surface area contributed by atoms with Crippen molar-refractivity contribution in [2.24, 2.45) is 5.73 Å². The van der Waals surface area contributed by atoms with Crippen LogP contribution in [0.1, 0.15) is 20.8 Å². The average molecular weight is 119 g/mol. The lowest BCUT2D eigenvalue weighted by Crippen LogP contribution is -2.26. The molecule has 0 aromatic carbocycles. The standard InChI is InChI=1S/C4H11N.CH2O2/c1-4(2,3)5;2-1-3/h5H2,1-3H3;1H,(H,2,3). The maximum Gasteiger partial charge on any atom is 0.290 e. The molecule has 0 aromatic heterocycles. The first-order valence-corrected chi connectivity index (χ1v) is 2.28. The van der Waals surface area contributed by atoms with Gasteiger partial charge in [0.2, 0.25) is 0 Å². The first kappa shape index (κ1) is 10.4. The van der Waals surface area contributed by atoms with Crippen LogP contribution in [0.25, 0.3) is 0 Å². The molecule has 0 rings (SSSR count). The van der Waals surface area contributed by atoms with E-state index in [1.54, 1.807) is 0 Å². The number of rotatable bonds is 0. The van der Waals surface area contributed by atoms with Crippen molar-refractivity contribution < 1.29 is 9.90 Å². The number of nitrogens with two attached hydrogens (primary N) is 1. The highest BCUT2D eigenvalue weighted by Gasteiger charge is 1.95. The van der Waals surface area contributed by atoms with Gasteiger partial charge >= 0.3 is 0 Å². The summed E-state index contributed by atoms with van der Waals surface area (Å²) in [7, 11) is 0. The summed E-state index contributed by atoms with van der Waals surface area (Å²) in [5.74, 6) is 0. The Hall–Kier alpha value is -0.570. The molecule has 0 saturated heterocycles. The van der Waals surface area contributed by atoms with E-state index in [1.165, 1.54) is 0 Å². The predicted octanol–water partition coefficient (Wildman–Crippen LogP) is 0.444. The summed E-state index contributed by atoms with van der Waals surface area (Å²) in [5, 5.41) is 6.89. The SMILES string of the molecule is CC(C)(C)N.O=CO. The van der Waals surface area contributed by atoms with E-state index in [4.69, 9.17) is 15.6 Å². The molecule has 3 nitrogen and oxygen atoms in total. The maximum absolute atomic E-state index is 8.36. The van der Waals surface area contributed by atoms with Gasteiger partial charge in [0.15, 0.2) is 0 Å². The molecule has 0 spiro atoms. The van der Waals surface area contributed by atoms with Gasteiger partial charge in [0.05, 0.1) is 0 Å². The Bertz CT molecular complexity index is 49.9. The van der Waals surface area contributed by atoms with E-state index >= 15 is 0 Å². The normalized spacial score (nSPS) is 9.00. The highest BCUT2D eigenvalue weighted by Crippen LogP contribution is 1.88. The third-order valence-electron chi connectivity index (χ3n) is 0. The summed E-state index contributed by atoms with van der Waals surface area (Å²) in [6.45, 7) is 5.65. The Balaban J connectivity index is 0. The summed E-state index contributed by atoms with van der Waals surface area (Å²) >= 11 is 0. The Labute approximate surface area is 49.5 Å². The predicted molar refractivity (Wildman–Crippen MR) is 32.6 cm³/mol. The molecular weight excluding hydrogens is 106 g/mol. The summed E-state index contributed by atoms with van der Waals surface area (Å²) in [6.07, 6.45) is 0. The van der Waals surface area contributed by atoms with Crippen LogP contribution >= 0.6 is 0 Å². The molecule has 0 unspecified atom stereocenters. The van der Waals surface area contributed by atoms with Crippen LogP contribution in [0.3, 0.4) is 0 Å². The van der Waals surface area contributed by atoms with Gasteiger partial charge in [-0.25, -0.2) is 0 Å². The third-order valence-corrected chi connectivity index (χ3v) is 0. The minimum atomic E-state index is -0.250. The second-order valence-corrected chi connectivity index (χ2v) is 2.47. The molecule has 0 amide bonds. The Morgan fingerprint density at radius 1 is 1.50 bits per heavy atom. The smallest absolute Gasteiger partial charge is 0.290 e. The highest BCUT2D eigenvalue weighted by atomic mass is 16.3. The van der Waals surface area contributed by atoms with Crippen molar-refractivity contribution in [3.05, 3.63) is 0 Å². The van der Waals surface area contributed by atoms with Gasteiger partial charge in [-0.15, -0.1) is 0 Å². The topological polar surface area (TPSA) is 63.3 Å². The first-order valence-electron chi connectivity index (χ1n) is 2.28. The van der Waals surface area contributed by atoms with E-state index in [0.29, 0.717) is 0 Å². The van der Waals surface area contributed by atoms with Crippen LogP contribution in [0.2, 0.25) is 0 Å². The minimum Gasteiger partial charge on any atom is -0.483 e. The third kappa shape index (κ3) is 328. The zero-order valence-corrected chi connectivity index (χ0v) is 5.51. The van der Waals surface area contributed by atoms with Crippen molar-refractivity contribution >= 4 is 6.47 Å². The van der Waals surface area contributed by atoms with E-state index < -0.39 is 0 Å². The van der Waals surface area contributed by atoms with Crippen LogP contribution in [0.15, 0.2) is 0 Å². The molecule has 8 heavy (non-hydrogen) atoms. The van der Waals surface area contributed by atoms with Crippen molar-refractivity contribution in [3.8, 4) is 0 Å². The molecule has 0 atom stereocenters. The van der Waals surface area contributed by atoms with E-state index in [-0.39, 0.29) is 12.0 Å². The zero-order valence-electron chi connectivity index (χ0n) is 5.51. The molecule has 0 bridgehead atoms. The van der Waals surface area contributed by atoms with Crippen LogP contribution < -0.4 is 5.73 Å². The molecule has 0 aromatic rings. The summed E-state index contributed by atoms with van der Waals surface area (Å²) in [4.78, 5) is 8.36. The molecule has 0 heterocycles. The Morgan fingerprint density at radius 3 is 1.50 bits per heavy atom. The molecule has 0 fully saturated rings. The van der Waals surface area contributed by atoms with E-state index in [0.717, 1.165) is 0 Å². The quantitative estimate of drug-likeness (QED) is 0.455. The van der Waals surface area contributed by atoms with E-state index in [9.17, 15) is 0 Å². The number of hydrogen-bond donors (Lipinski definition) is 2. The Morgan fingerprint density at radius 2 is 1.50 bits per heavy atom. The average Bonchev–Trinajstić information content (AvgIpc) is 1.27. The van der Waals surface area contributed by atoms with Gasteiger partial charge in [-0.2, -0.15) is 0 Å². The largest absolute Gasteiger partial charge is 0.483 e. The van der Waals surface area contributed by atoms with Gasteiger partial charge in [-0.05, 0) is 20.8 Å². The van der Waals surface area contributed by atoms with Crippen molar-refractivity contribution in [2.75, 3.05) is 0 Å². The molecule has 0 saturated carbocycles. The van der Waals surface area contributed by atoms with Crippen molar-refractivity contribution in [1.82, 2.24) is 0 Å². The fourth-order valence-corrected chi connectivity index (χ4v) is 0. The van der Waals surface area contributed by atoms with Gasteiger partial charge in [0.25, 0.3) is 6.47 Å². The van der Waals surface area contributed by atoms with Crippen LogP contribution in [-0.4, -0.2) is 17.1 Å². The monoisotopic (exact) mass is 119 g/mol. The lowest BCUT2D eigenvalue weighted by Gasteiger charge is -2.06. The Kier molecular flexibility index (Phi) is 5.97. The van der Waals surface area contributed by atoms with E-state index in [2.05, 4.69) is 0 Å². The number of carbonyl (C=O) groups is 1. The lowest BCUT2D eigenvalue weighted by molar-refractivity contribution is -0.122. The zero-order chi connectivity index (χ0) is 7.21. The van der Waals surface area contributed by atoms with Crippen LogP contribution in [0.5, 0.6) is 0 Å². The summed E-state index contributed by atoms with van der Waals surface area (Å²) in [6, 6.07) is 0. The lowest BCUT2D eigenvalue weighted by atomic mass is 10.1. The number of hydrogen-bond acceptors (Lipinski definition) is 2.